The van der Waals surface area contributed by atoms with Gasteiger partial charge in [0.25, 0.3) is 10.2 Å². The molecule has 3 rings (SSSR count). The second-order valence-corrected chi connectivity index (χ2v) is 11.6. The van der Waals surface area contributed by atoms with Gasteiger partial charge in [0.15, 0.2) is 14.9 Å². The number of nitrogens with zero attached hydrogens (tertiary/aromatic N) is 3. The minimum absolute atomic E-state index is 0.0360. The van der Waals surface area contributed by atoms with Crippen molar-refractivity contribution in [3.8, 4) is 0 Å². The lowest BCUT2D eigenvalue weighted by Crippen LogP contribution is -2.55. The number of halogens is 3. The normalized spacial score (nSPS) is 24.9. The van der Waals surface area contributed by atoms with Crippen molar-refractivity contribution in [2.45, 2.75) is 24.2 Å². The molecule has 0 aromatic carbocycles. The van der Waals surface area contributed by atoms with E-state index in [0.29, 0.717) is 5.56 Å². The number of morpholine rings is 1. The molecule has 31 heavy (non-hydrogen) atoms. The molecule has 2 aliphatic heterocycles. The van der Waals surface area contributed by atoms with Crippen LogP contribution in [0, 0.1) is 11.8 Å². The van der Waals surface area contributed by atoms with E-state index >= 15 is 0 Å². The summed E-state index contributed by atoms with van der Waals surface area (Å²) in [5.74, 6) is -3.64. The highest BCUT2D eigenvalue weighted by Crippen LogP contribution is 2.37. The lowest BCUT2D eigenvalue weighted by atomic mass is 9.91. The van der Waals surface area contributed by atoms with Crippen molar-refractivity contribution in [1.29, 1.82) is 0 Å². The van der Waals surface area contributed by atoms with Crippen LogP contribution in [0.15, 0.2) is 23.4 Å². The minimum atomic E-state index is -4.65. The third-order valence-corrected chi connectivity index (χ3v) is 9.14. The first kappa shape index (κ1) is 24.3. The fourth-order valence-corrected chi connectivity index (χ4v) is 7.08. The van der Waals surface area contributed by atoms with Crippen LogP contribution in [0.4, 0.5) is 13.2 Å². The van der Waals surface area contributed by atoms with Gasteiger partial charge in [-0.1, -0.05) is 0 Å². The summed E-state index contributed by atoms with van der Waals surface area (Å²) in [7, 11) is -8.23. The maximum absolute atomic E-state index is 13.5. The second kappa shape index (κ2) is 9.27. The first-order valence-corrected chi connectivity index (χ1v) is 12.8. The molecule has 0 saturated carbocycles. The molecule has 2 saturated heterocycles. The number of hydrogen-bond donors (Lipinski definition) is 1. The Hall–Kier alpha value is -1.32. The van der Waals surface area contributed by atoms with Gasteiger partial charge < -0.3 is 10.5 Å². The molecule has 0 bridgehead atoms. The van der Waals surface area contributed by atoms with Crippen LogP contribution in [0.5, 0.6) is 0 Å². The zero-order chi connectivity index (χ0) is 22.9. The van der Waals surface area contributed by atoms with Crippen molar-refractivity contribution in [2.75, 3.05) is 45.1 Å². The van der Waals surface area contributed by atoms with Crippen LogP contribution in [0.3, 0.4) is 0 Å². The molecule has 0 aliphatic carbocycles. The first-order chi connectivity index (χ1) is 14.4. The quantitative estimate of drug-likeness (QED) is 0.617. The van der Waals surface area contributed by atoms with Gasteiger partial charge in [-0.2, -0.15) is 30.2 Å². The Kier molecular flexibility index (Phi) is 7.28. The Bertz CT molecular complexity index is 982. The number of sulfone groups is 1. The van der Waals surface area contributed by atoms with Gasteiger partial charge in [0.2, 0.25) is 0 Å². The van der Waals surface area contributed by atoms with Crippen molar-refractivity contribution in [3.63, 3.8) is 0 Å². The van der Waals surface area contributed by atoms with Crippen molar-refractivity contribution >= 4 is 20.0 Å². The summed E-state index contributed by atoms with van der Waals surface area (Å²) in [6.07, 6.45) is -3.86. The summed E-state index contributed by atoms with van der Waals surface area (Å²) in [5, 5.41) is -0.285. The minimum Gasteiger partial charge on any atom is -0.379 e. The highest BCUT2D eigenvalue weighted by molar-refractivity contribution is 7.91. The summed E-state index contributed by atoms with van der Waals surface area (Å²) < 4.78 is 99.0. The van der Waals surface area contributed by atoms with Crippen LogP contribution in [0.25, 0.3) is 0 Å². The van der Waals surface area contributed by atoms with E-state index in [1.165, 1.54) is 18.3 Å². The molecule has 3 heterocycles. The number of alkyl halides is 3. The van der Waals surface area contributed by atoms with E-state index in [1.54, 1.807) is 0 Å². The van der Waals surface area contributed by atoms with Crippen LogP contribution < -0.4 is 5.73 Å². The van der Waals surface area contributed by atoms with Crippen molar-refractivity contribution < 1.29 is 34.7 Å². The molecular weight excluding hydrogens is 461 g/mol. The topological polar surface area (TPSA) is 123 Å². The molecule has 0 radical (unpaired) electrons. The van der Waals surface area contributed by atoms with Crippen LogP contribution >= 0.6 is 0 Å². The monoisotopic (exact) mass is 486 g/mol. The molecule has 2 fully saturated rings. The average molecular weight is 487 g/mol. The SMILES string of the molecule is NCc1ccnc(S(=O)(=O)C[C@@H]2C[C@H](C(F)(F)F)CN(S(=O)(=O)N3CCOCC3)C2)c1. The molecule has 2 aliphatic rings. The van der Waals surface area contributed by atoms with Crippen LogP contribution in [-0.2, 0) is 31.3 Å². The predicted octanol–water partition coefficient (Wildman–Crippen LogP) is 0.391. The van der Waals surface area contributed by atoms with E-state index in [4.69, 9.17) is 10.5 Å². The highest BCUT2D eigenvalue weighted by Gasteiger charge is 2.48. The Labute approximate surface area is 179 Å². The van der Waals surface area contributed by atoms with Gasteiger partial charge in [-0.05, 0) is 30.0 Å². The smallest absolute Gasteiger partial charge is 0.379 e. The molecule has 1 aromatic rings. The summed E-state index contributed by atoms with van der Waals surface area (Å²) >= 11 is 0. The molecule has 0 amide bonds. The van der Waals surface area contributed by atoms with Gasteiger partial charge in [0, 0.05) is 38.9 Å². The van der Waals surface area contributed by atoms with Gasteiger partial charge in [0.1, 0.15) is 0 Å². The molecule has 2 atom stereocenters. The molecule has 0 spiro atoms. The average Bonchev–Trinajstić information content (AvgIpc) is 2.73. The maximum atomic E-state index is 13.5. The third kappa shape index (κ3) is 5.73. The summed E-state index contributed by atoms with van der Waals surface area (Å²) in [5.41, 5.74) is 6.03. The largest absolute Gasteiger partial charge is 0.393 e. The number of nitrogens with two attached hydrogens (primary N) is 1. The molecule has 176 valence electrons. The van der Waals surface area contributed by atoms with E-state index in [2.05, 4.69) is 4.98 Å². The summed E-state index contributed by atoms with van der Waals surface area (Å²) in [4.78, 5) is 3.81. The zero-order valence-electron chi connectivity index (χ0n) is 16.7. The Balaban J connectivity index is 1.85. The number of piperidine rings is 1. The Morgan fingerprint density at radius 3 is 2.42 bits per heavy atom. The van der Waals surface area contributed by atoms with Gasteiger partial charge >= 0.3 is 6.18 Å². The van der Waals surface area contributed by atoms with E-state index in [1.807, 2.05) is 0 Å². The van der Waals surface area contributed by atoms with Crippen molar-refractivity contribution in [1.82, 2.24) is 13.6 Å². The lowest BCUT2D eigenvalue weighted by Gasteiger charge is -2.40. The molecule has 0 unspecified atom stereocenters. The molecule has 1 aromatic heterocycles. The first-order valence-electron chi connectivity index (χ1n) is 9.71. The van der Waals surface area contributed by atoms with Crippen molar-refractivity contribution in [2.24, 2.45) is 17.6 Å². The zero-order valence-corrected chi connectivity index (χ0v) is 18.3. The lowest BCUT2D eigenvalue weighted by molar-refractivity contribution is -0.186. The predicted molar refractivity (Wildman–Crippen MR) is 105 cm³/mol. The number of hydrogen-bond acceptors (Lipinski definition) is 7. The van der Waals surface area contributed by atoms with Gasteiger partial charge in [0.05, 0.1) is 24.9 Å². The second-order valence-electron chi connectivity index (χ2n) is 7.66. The van der Waals surface area contributed by atoms with Gasteiger partial charge in [-0.3, -0.25) is 0 Å². The number of aromatic nitrogens is 1. The molecule has 9 nitrogen and oxygen atoms in total. The van der Waals surface area contributed by atoms with E-state index < -0.39 is 56.8 Å². The van der Waals surface area contributed by atoms with Gasteiger partial charge in [-0.15, -0.1) is 0 Å². The Morgan fingerprint density at radius 1 is 1.13 bits per heavy atom. The van der Waals surface area contributed by atoms with Crippen LogP contribution in [-0.4, -0.2) is 81.8 Å². The van der Waals surface area contributed by atoms with Crippen molar-refractivity contribution in [3.05, 3.63) is 23.9 Å². The number of ether oxygens (including phenoxy) is 1. The molecular formula is C17H25F3N4O5S2. The number of pyridine rings is 1. The van der Waals surface area contributed by atoms with E-state index in [0.717, 1.165) is 8.61 Å². The Morgan fingerprint density at radius 2 is 1.81 bits per heavy atom. The fraction of sp³-hybridized carbons (Fsp3) is 0.706. The molecule has 2 N–H and O–H groups in total. The summed E-state index contributed by atoms with van der Waals surface area (Å²) in [6, 6.07) is 2.82. The number of rotatable bonds is 6. The van der Waals surface area contributed by atoms with Gasteiger partial charge in [-0.25, -0.2) is 13.4 Å². The highest BCUT2D eigenvalue weighted by atomic mass is 32.2. The fourth-order valence-electron chi connectivity index (χ4n) is 3.79. The van der Waals surface area contributed by atoms with Crippen LogP contribution in [0.2, 0.25) is 0 Å². The third-order valence-electron chi connectivity index (χ3n) is 5.40. The van der Waals surface area contributed by atoms with Crippen LogP contribution in [0.1, 0.15) is 12.0 Å². The van der Waals surface area contributed by atoms with E-state index in [9.17, 15) is 30.0 Å². The maximum Gasteiger partial charge on any atom is 0.393 e. The standard InChI is InChI=1S/C17H25F3N4O5S2/c18-17(19,20)15-7-14(12-30(25,26)16-8-13(9-21)1-2-22-16)10-24(11-15)31(27,28)23-3-5-29-6-4-23/h1-2,8,14-15H,3-7,9-12,21H2/t14-,15+/m1/s1. The summed E-state index contributed by atoms with van der Waals surface area (Å²) in [6.45, 7) is -0.602. The van der Waals surface area contributed by atoms with E-state index in [-0.39, 0.29) is 44.4 Å². The molecule has 14 heteroatoms.